The SMILES string of the molecule is CCNc1ccc(/N=N/c2cccc(S(=O)(=O)CCOS(=O)(=O)O)c2)cc1S(=O)(=O)O. The molecule has 0 spiro atoms. The van der Waals surface area contributed by atoms with E-state index in [0.29, 0.717) is 6.54 Å². The van der Waals surface area contributed by atoms with Crippen molar-refractivity contribution < 1.29 is 38.5 Å². The summed E-state index contributed by atoms with van der Waals surface area (Å²) in [5, 5.41) is 10.5. The maximum atomic E-state index is 12.3. The number of anilines is 1. The van der Waals surface area contributed by atoms with Crippen LogP contribution in [0.15, 0.2) is 62.5 Å². The Hall–Kier alpha value is -2.43. The van der Waals surface area contributed by atoms with Gasteiger partial charge in [0.15, 0.2) is 9.84 Å². The fourth-order valence-electron chi connectivity index (χ4n) is 2.34. The van der Waals surface area contributed by atoms with Gasteiger partial charge in [-0.3, -0.25) is 9.11 Å². The third kappa shape index (κ3) is 7.64. The Balaban J connectivity index is 2.26. The van der Waals surface area contributed by atoms with E-state index in [-0.39, 0.29) is 26.9 Å². The van der Waals surface area contributed by atoms with Gasteiger partial charge in [0.25, 0.3) is 10.1 Å². The molecule has 0 unspecified atom stereocenters. The van der Waals surface area contributed by atoms with E-state index < -0.39 is 42.7 Å². The van der Waals surface area contributed by atoms with Gasteiger partial charge in [-0.05, 0) is 43.3 Å². The Morgan fingerprint density at radius 1 is 0.935 bits per heavy atom. The fraction of sp³-hybridized carbons (Fsp3) is 0.250. The van der Waals surface area contributed by atoms with Crippen molar-refractivity contribution in [3.63, 3.8) is 0 Å². The smallest absolute Gasteiger partial charge is 0.384 e. The normalized spacial score (nSPS) is 12.9. The van der Waals surface area contributed by atoms with Crippen molar-refractivity contribution in [1.29, 1.82) is 0 Å². The minimum absolute atomic E-state index is 0.0871. The molecule has 2 aromatic carbocycles. The predicted octanol–water partition coefficient (Wildman–Crippen LogP) is 2.37. The number of sulfone groups is 1. The van der Waals surface area contributed by atoms with Crippen molar-refractivity contribution in [1.82, 2.24) is 0 Å². The van der Waals surface area contributed by atoms with Crippen molar-refractivity contribution in [2.75, 3.05) is 24.2 Å². The third-order valence-corrected chi connectivity index (χ3v) is 6.69. The zero-order valence-corrected chi connectivity index (χ0v) is 18.5. The molecule has 12 nitrogen and oxygen atoms in total. The van der Waals surface area contributed by atoms with Crippen LogP contribution < -0.4 is 5.32 Å². The zero-order valence-electron chi connectivity index (χ0n) is 16.0. The number of nitrogens with one attached hydrogen (secondary N) is 1. The Bertz CT molecular complexity index is 1290. The lowest BCUT2D eigenvalue weighted by molar-refractivity contribution is 0.284. The summed E-state index contributed by atoms with van der Waals surface area (Å²) in [6, 6.07) is 9.19. The standard InChI is InChI=1S/C16H19N3O9S3/c1-2-17-15-7-6-13(11-16(15)30(22,23)24)19-18-12-4-3-5-14(10-12)29(20,21)9-8-28-31(25,26)27/h3-7,10-11,17H,2,8-9H2,1H3,(H,22,23,24)(H,25,26,27)/b19-18+. The second kappa shape index (κ2) is 9.80. The van der Waals surface area contributed by atoms with Gasteiger partial charge in [0, 0.05) is 6.54 Å². The van der Waals surface area contributed by atoms with Crippen LogP contribution in [0.2, 0.25) is 0 Å². The van der Waals surface area contributed by atoms with E-state index in [1.165, 1.54) is 36.4 Å². The van der Waals surface area contributed by atoms with E-state index >= 15 is 0 Å². The molecular weight excluding hydrogens is 474 g/mol. The van der Waals surface area contributed by atoms with Crippen LogP contribution in [0.3, 0.4) is 0 Å². The van der Waals surface area contributed by atoms with E-state index in [0.717, 1.165) is 6.07 Å². The van der Waals surface area contributed by atoms with Gasteiger partial charge in [0.05, 0.1) is 34.3 Å². The highest BCUT2D eigenvalue weighted by molar-refractivity contribution is 7.91. The molecule has 0 radical (unpaired) electrons. The number of rotatable bonds is 10. The van der Waals surface area contributed by atoms with E-state index in [2.05, 4.69) is 19.7 Å². The van der Waals surface area contributed by atoms with Crippen LogP contribution in [-0.4, -0.2) is 53.3 Å². The molecule has 0 aliphatic rings. The molecule has 0 aliphatic carbocycles. The Kier molecular flexibility index (Phi) is 7.85. The summed E-state index contributed by atoms with van der Waals surface area (Å²) in [6.07, 6.45) is 0. The molecule has 0 saturated carbocycles. The number of benzene rings is 2. The maximum absolute atomic E-state index is 12.3. The van der Waals surface area contributed by atoms with E-state index in [1.807, 2.05) is 0 Å². The van der Waals surface area contributed by atoms with Crippen LogP contribution in [-0.2, 0) is 34.5 Å². The van der Waals surface area contributed by atoms with Crippen molar-refractivity contribution in [3.8, 4) is 0 Å². The molecule has 31 heavy (non-hydrogen) atoms. The molecule has 2 aromatic rings. The van der Waals surface area contributed by atoms with Crippen molar-refractivity contribution in [2.45, 2.75) is 16.7 Å². The lowest BCUT2D eigenvalue weighted by Gasteiger charge is -2.08. The topological polar surface area (TPSA) is 189 Å². The van der Waals surface area contributed by atoms with Gasteiger partial charge in [0.1, 0.15) is 4.90 Å². The molecule has 0 fully saturated rings. The molecule has 0 aromatic heterocycles. The van der Waals surface area contributed by atoms with E-state index in [9.17, 15) is 29.8 Å². The summed E-state index contributed by atoms with van der Waals surface area (Å²) in [4.78, 5) is -0.579. The fourth-order valence-corrected chi connectivity index (χ4v) is 4.56. The summed E-state index contributed by atoms with van der Waals surface area (Å²) < 4.78 is 90.6. The highest BCUT2D eigenvalue weighted by atomic mass is 32.3. The maximum Gasteiger partial charge on any atom is 0.397 e. The van der Waals surface area contributed by atoms with Crippen LogP contribution in [0.4, 0.5) is 17.1 Å². The molecule has 3 N–H and O–H groups in total. The predicted molar refractivity (Wildman–Crippen MR) is 111 cm³/mol. The molecule has 170 valence electrons. The van der Waals surface area contributed by atoms with E-state index in [1.54, 1.807) is 6.92 Å². The van der Waals surface area contributed by atoms with Gasteiger partial charge in [0.2, 0.25) is 0 Å². The number of azo groups is 1. The summed E-state index contributed by atoms with van der Waals surface area (Å²) in [6.45, 7) is 1.39. The molecule has 0 atom stereocenters. The number of hydrogen-bond donors (Lipinski definition) is 3. The van der Waals surface area contributed by atoms with Crippen LogP contribution in [0.25, 0.3) is 0 Å². The summed E-state index contributed by atoms with van der Waals surface area (Å²) in [7, 11) is -13.2. The van der Waals surface area contributed by atoms with Gasteiger partial charge in [-0.1, -0.05) is 6.07 Å². The van der Waals surface area contributed by atoms with Gasteiger partial charge in [-0.15, -0.1) is 0 Å². The minimum Gasteiger partial charge on any atom is -0.384 e. The second-order valence-electron chi connectivity index (χ2n) is 5.95. The summed E-state index contributed by atoms with van der Waals surface area (Å²) >= 11 is 0. The quantitative estimate of drug-likeness (QED) is 0.327. The summed E-state index contributed by atoms with van der Waals surface area (Å²) in [5.41, 5.74) is 0.384. The largest absolute Gasteiger partial charge is 0.397 e. The Labute approximate surface area is 179 Å². The molecule has 0 aliphatic heterocycles. The van der Waals surface area contributed by atoms with Gasteiger partial charge in [-0.2, -0.15) is 27.1 Å². The molecule has 0 heterocycles. The van der Waals surface area contributed by atoms with Crippen molar-refractivity contribution >= 4 is 47.4 Å². The van der Waals surface area contributed by atoms with Crippen molar-refractivity contribution in [2.24, 2.45) is 10.2 Å². The number of hydrogen-bond acceptors (Lipinski definition) is 10. The lowest BCUT2D eigenvalue weighted by Crippen LogP contribution is -2.15. The van der Waals surface area contributed by atoms with Crippen LogP contribution in [0.1, 0.15) is 6.92 Å². The third-order valence-electron chi connectivity index (χ3n) is 3.65. The minimum atomic E-state index is -4.76. The second-order valence-corrected chi connectivity index (χ2v) is 10.5. The van der Waals surface area contributed by atoms with Gasteiger partial charge < -0.3 is 5.32 Å². The molecular formula is C16H19N3O9S3. The Morgan fingerprint density at radius 3 is 2.16 bits per heavy atom. The molecule has 2 rings (SSSR count). The number of nitrogens with zero attached hydrogens (tertiary/aromatic N) is 2. The summed E-state index contributed by atoms with van der Waals surface area (Å²) in [5.74, 6) is -0.711. The van der Waals surface area contributed by atoms with Crippen LogP contribution in [0.5, 0.6) is 0 Å². The average molecular weight is 494 g/mol. The van der Waals surface area contributed by atoms with Crippen LogP contribution >= 0.6 is 0 Å². The van der Waals surface area contributed by atoms with Crippen LogP contribution in [0, 0.1) is 0 Å². The highest BCUT2D eigenvalue weighted by Crippen LogP contribution is 2.28. The van der Waals surface area contributed by atoms with Gasteiger partial charge >= 0.3 is 10.4 Å². The first-order valence-corrected chi connectivity index (χ1v) is 13.0. The first-order chi connectivity index (χ1) is 14.3. The molecule has 15 heteroatoms. The zero-order chi connectivity index (χ0) is 23.3. The molecule has 0 bridgehead atoms. The van der Waals surface area contributed by atoms with Gasteiger partial charge in [-0.25, -0.2) is 12.6 Å². The van der Waals surface area contributed by atoms with E-state index in [4.69, 9.17) is 4.55 Å². The first kappa shape index (κ1) is 24.8. The van der Waals surface area contributed by atoms with Crippen molar-refractivity contribution in [3.05, 3.63) is 42.5 Å². The average Bonchev–Trinajstić information content (AvgIpc) is 2.65. The lowest BCUT2D eigenvalue weighted by atomic mass is 10.3. The molecule has 0 amide bonds. The molecule has 0 saturated heterocycles. The highest BCUT2D eigenvalue weighted by Gasteiger charge is 2.18. The Morgan fingerprint density at radius 2 is 1.58 bits per heavy atom. The first-order valence-electron chi connectivity index (χ1n) is 8.53. The monoisotopic (exact) mass is 493 g/mol.